The second kappa shape index (κ2) is 9.28. The molecule has 3 aromatic carbocycles. The standard InChI is InChI=1S/C27H28N4O2/c1-27(2,3)31-26(33)20-15-13-19(14-16-20)25(32)30-23(17-18-9-5-4-6-10-18)24-28-21-11-7-8-12-22(21)29-24/h4-16,23H,17H2,1-3H3,(H,28,29)(H,30,32)(H,31,33)/t23-/m0/s1. The van der Waals surface area contributed by atoms with E-state index in [1.807, 2.05) is 75.4 Å². The predicted octanol–water partition coefficient (Wildman–Crippen LogP) is 4.81. The maximum Gasteiger partial charge on any atom is 0.251 e. The third kappa shape index (κ3) is 5.66. The minimum atomic E-state index is -0.337. The van der Waals surface area contributed by atoms with Crippen LogP contribution in [0.4, 0.5) is 0 Å². The van der Waals surface area contributed by atoms with E-state index in [4.69, 9.17) is 4.98 Å². The number of fused-ring (bicyclic) bond motifs is 1. The molecule has 0 aliphatic carbocycles. The topological polar surface area (TPSA) is 86.9 Å². The first-order valence-electron chi connectivity index (χ1n) is 11.0. The molecule has 0 unspecified atom stereocenters. The van der Waals surface area contributed by atoms with E-state index in [1.54, 1.807) is 24.3 Å². The first kappa shape index (κ1) is 22.3. The summed E-state index contributed by atoms with van der Waals surface area (Å²) in [5.41, 5.74) is 3.54. The maximum absolute atomic E-state index is 13.1. The molecule has 4 rings (SSSR count). The molecule has 168 valence electrons. The quantitative estimate of drug-likeness (QED) is 0.402. The van der Waals surface area contributed by atoms with Gasteiger partial charge in [-0.25, -0.2) is 4.98 Å². The Hall–Kier alpha value is -3.93. The Morgan fingerprint density at radius 3 is 2.09 bits per heavy atom. The van der Waals surface area contributed by atoms with Crippen LogP contribution in [-0.2, 0) is 6.42 Å². The highest BCUT2D eigenvalue weighted by atomic mass is 16.2. The number of carbonyl (C=O) groups excluding carboxylic acids is 2. The summed E-state index contributed by atoms with van der Waals surface area (Å²) >= 11 is 0. The number of benzene rings is 3. The van der Waals surface area contributed by atoms with Gasteiger partial charge in [-0.05, 0) is 69.2 Å². The van der Waals surface area contributed by atoms with E-state index in [2.05, 4.69) is 15.6 Å². The number of para-hydroxylation sites is 2. The van der Waals surface area contributed by atoms with E-state index >= 15 is 0 Å². The van der Waals surface area contributed by atoms with Crippen LogP contribution in [0, 0.1) is 0 Å². The van der Waals surface area contributed by atoms with Crippen LogP contribution in [0.2, 0.25) is 0 Å². The summed E-state index contributed by atoms with van der Waals surface area (Å²) < 4.78 is 0. The molecule has 0 radical (unpaired) electrons. The van der Waals surface area contributed by atoms with Crippen molar-refractivity contribution < 1.29 is 9.59 Å². The first-order valence-corrected chi connectivity index (χ1v) is 11.0. The fraction of sp³-hybridized carbons (Fsp3) is 0.222. The summed E-state index contributed by atoms with van der Waals surface area (Å²) in [6.45, 7) is 5.78. The van der Waals surface area contributed by atoms with Crippen LogP contribution in [0.1, 0.15) is 58.9 Å². The molecule has 6 nitrogen and oxygen atoms in total. The number of nitrogens with one attached hydrogen (secondary N) is 3. The van der Waals surface area contributed by atoms with Crippen molar-refractivity contribution in [3.8, 4) is 0 Å². The third-order valence-corrected chi connectivity index (χ3v) is 5.22. The predicted molar refractivity (Wildman–Crippen MR) is 130 cm³/mol. The molecule has 0 saturated heterocycles. The van der Waals surface area contributed by atoms with Crippen LogP contribution in [0.25, 0.3) is 11.0 Å². The van der Waals surface area contributed by atoms with E-state index in [0.717, 1.165) is 16.6 Å². The Balaban J connectivity index is 1.55. The maximum atomic E-state index is 13.1. The van der Waals surface area contributed by atoms with Crippen molar-refractivity contribution in [3.05, 3.63) is 101 Å². The Bertz CT molecular complexity index is 1220. The van der Waals surface area contributed by atoms with Crippen LogP contribution in [-0.4, -0.2) is 27.3 Å². The molecule has 4 aromatic rings. The van der Waals surface area contributed by atoms with Crippen molar-refractivity contribution in [2.75, 3.05) is 0 Å². The fourth-order valence-corrected chi connectivity index (χ4v) is 3.63. The van der Waals surface area contributed by atoms with Crippen LogP contribution < -0.4 is 10.6 Å². The van der Waals surface area contributed by atoms with Crippen molar-refractivity contribution in [3.63, 3.8) is 0 Å². The van der Waals surface area contributed by atoms with E-state index in [0.29, 0.717) is 23.4 Å². The van der Waals surface area contributed by atoms with Crippen LogP contribution >= 0.6 is 0 Å². The molecule has 6 heteroatoms. The molecule has 1 aromatic heterocycles. The van der Waals surface area contributed by atoms with Crippen molar-refractivity contribution in [2.45, 2.75) is 38.8 Å². The molecule has 0 spiro atoms. The summed E-state index contributed by atoms with van der Waals surface area (Å²) in [5, 5.41) is 6.04. The van der Waals surface area contributed by atoms with Gasteiger partial charge in [-0.3, -0.25) is 9.59 Å². The van der Waals surface area contributed by atoms with Gasteiger partial charge in [0.05, 0.1) is 17.1 Å². The minimum absolute atomic E-state index is 0.168. The van der Waals surface area contributed by atoms with E-state index in [9.17, 15) is 9.59 Å². The van der Waals surface area contributed by atoms with Gasteiger partial charge in [-0.2, -0.15) is 0 Å². The molecule has 33 heavy (non-hydrogen) atoms. The zero-order chi connectivity index (χ0) is 23.4. The number of aromatic nitrogens is 2. The average Bonchev–Trinajstić information content (AvgIpc) is 3.22. The summed E-state index contributed by atoms with van der Waals surface area (Å²) in [7, 11) is 0. The minimum Gasteiger partial charge on any atom is -0.347 e. The molecular weight excluding hydrogens is 412 g/mol. The van der Waals surface area contributed by atoms with Gasteiger partial charge in [0.15, 0.2) is 0 Å². The summed E-state index contributed by atoms with van der Waals surface area (Å²) in [6.07, 6.45) is 0.596. The monoisotopic (exact) mass is 440 g/mol. The second-order valence-electron chi connectivity index (χ2n) is 9.14. The molecule has 1 heterocycles. The Morgan fingerprint density at radius 2 is 1.45 bits per heavy atom. The molecule has 1 atom stereocenters. The van der Waals surface area contributed by atoms with Crippen LogP contribution in [0.15, 0.2) is 78.9 Å². The van der Waals surface area contributed by atoms with Gasteiger partial charge in [0.2, 0.25) is 0 Å². The molecule has 0 bridgehead atoms. The normalized spacial score (nSPS) is 12.3. The zero-order valence-electron chi connectivity index (χ0n) is 19.1. The molecule has 0 saturated carbocycles. The number of carbonyl (C=O) groups is 2. The summed E-state index contributed by atoms with van der Waals surface area (Å²) in [6, 6.07) is 24.1. The van der Waals surface area contributed by atoms with Crippen LogP contribution in [0.3, 0.4) is 0 Å². The number of hydrogen-bond donors (Lipinski definition) is 3. The lowest BCUT2D eigenvalue weighted by molar-refractivity contribution is 0.0912. The van der Waals surface area contributed by atoms with Gasteiger partial charge in [0, 0.05) is 16.7 Å². The van der Waals surface area contributed by atoms with Crippen molar-refractivity contribution >= 4 is 22.8 Å². The summed E-state index contributed by atoms with van der Waals surface area (Å²) in [5.74, 6) is 0.312. The molecular formula is C27H28N4O2. The zero-order valence-corrected chi connectivity index (χ0v) is 19.1. The number of imidazole rings is 1. The SMILES string of the molecule is CC(C)(C)NC(=O)c1ccc(C(=O)N[C@@H](Cc2ccccc2)c2nc3ccccc3[nH]2)cc1. The van der Waals surface area contributed by atoms with Gasteiger partial charge in [-0.15, -0.1) is 0 Å². The van der Waals surface area contributed by atoms with E-state index in [-0.39, 0.29) is 23.4 Å². The summed E-state index contributed by atoms with van der Waals surface area (Å²) in [4.78, 5) is 33.5. The number of nitrogens with zero attached hydrogens (tertiary/aromatic N) is 1. The van der Waals surface area contributed by atoms with Crippen LogP contribution in [0.5, 0.6) is 0 Å². The third-order valence-electron chi connectivity index (χ3n) is 5.22. The molecule has 0 aliphatic rings. The van der Waals surface area contributed by atoms with Gasteiger partial charge >= 0.3 is 0 Å². The number of rotatable bonds is 6. The lowest BCUT2D eigenvalue weighted by atomic mass is 10.0. The van der Waals surface area contributed by atoms with Gasteiger partial charge in [0.25, 0.3) is 11.8 Å². The molecule has 0 fully saturated rings. The molecule has 0 aliphatic heterocycles. The first-order chi connectivity index (χ1) is 15.8. The van der Waals surface area contributed by atoms with E-state index < -0.39 is 0 Å². The molecule has 3 N–H and O–H groups in total. The Kier molecular flexibility index (Phi) is 6.27. The highest BCUT2D eigenvalue weighted by Crippen LogP contribution is 2.20. The number of H-pyrrole nitrogens is 1. The van der Waals surface area contributed by atoms with Gasteiger partial charge in [0.1, 0.15) is 5.82 Å². The van der Waals surface area contributed by atoms with Crippen molar-refractivity contribution in [1.29, 1.82) is 0 Å². The highest BCUT2D eigenvalue weighted by Gasteiger charge is 2.21. The molecule has 2 amide bonds. The van der Waals surface area contributed by atoms with Crippen molar-refractivity contribution in [2.24, 2.45) is 0 Å². The fourth-order valence-electron chi connectivity index (χ4n) is 3.63. The average molecular weight is 441 g/mol. The Labute approximate surface area is 193 Å². The number of hydrogen-bond acceptors (Lipinski definition) is 3. The van der Waals surface area contributed by atoms with E-state index in [1.165, 1.54) is 0 Å². The number of aromatic amines is 1. The van der Waals surface area contributed by atoms with Gasteiger partial charge < -0.3 is 15.6 Å². The van der Waals surface area contributed by atoms with Gasteiger partial charge in [-0.1, -0.05) is 42.5 Å². The lowest BCUT2D eigenvalue weighted by Crippen LogP contribution is -2.40. The lowest BCUT2D eigenvalue weighted by Gasteiger charge is -2.20. The Morgan fingerprint density at radius 1 is 0.848 bits per heavy atom. The highest BCUT2D eigenvalue weighted by molar-refractivity contribution is 5.98. The van der Waals surface area contributed by atoms with Crippen molar-refractivity contribution in [1.82, 2.24) is 20.6 Å². The largest absolute Gasteiger partial charge is 0.347 e. The number of amides is 2. The smallest absolute Gasteiger partial charge is 0.251 e. The second-order valence-corrected chi connectivity index (χ2v) is 9.14.